The Morgan fingerprint density at radius 3 is 1.00 bits per heavy atom. The molecule has 5 heavy (non-hydrogen) atoms. The summed E-state index contributed by atoms with van der Waals surface area (Å²) in [5.74, 6) is 0. The summed E-state index contributed by atoms with van der Waals surface area (Å²) in [5.41, 5.74) is 0. The van der Waals surface area contributed by atoms with E-state index in [0.29, 0.717) is 0 Å². The average Bonchev–Trinajstić information content (AvgIpc) is 0. The van der Waals surface area contributed by atoms with E-state index < -0.39 is 0 Å². The van der Waals surface area contributed by atoms with Gasteiger partial charge < -0.3 is 6.15 Å². The molecule has 0 saturated carbocycles. The molecule has 5 heteroatoms. The first-order valence-electron chi connectivity index (χ1n) is 0. The third kappa shape index (κ3) is 24.4. The largest absolute Gasteiger partial charge is 0.344 e. The number of hydrogen-bond acceptors (Lipinski definition) is 1. The van der Waals surface area contributed by atoms with Gasteiger partial charge in [0.1, 0.15) is 0 Å². The molecule has 0 aromatic rings. The van der Waals surface area contributed by atoms with Crippen molar-refractivity contribution in [2.75, 3.05) is 0 Å². The zero-order valence-electron chi connectivity index (χ0n) is 1.62. The van der Waals surface area contributed by atoms with E-state index in [9.17, 15) is 0 Å². The van der Waals surface area contributed by atoms with Crippen LogP contribution < -0.4 is 6.15 Å². The van der Waals surface area contributed by atoms with Crippen LogP contribution in [0.4, 0.5) is 0 Å². The maximum Gasteiger partial charge on any atom is 0.187 e. The normalized spacial score (nSPS) is 0. The van der Waals surface area contributed by atoms with Crippen LogP contribution in [0.25, 0.3) is 0 Å². The van der Waals surface area contributed by atoms with Gasteiger partial charge in [-0.25, -0.2) is 0 Å². The van der Waals surface area contributed by atoms with Crippen molar-refractivity contribution in [1.29, 1.82) is 0 Å². The van der Waals surface area contributed by atoms with Gasteiger partial charge in [0.25, 0.3) is 0 Å². The topological polar surface area (TPSA) is 35.0 Å². The van der Waals surface area contributed by atoms with Gasteiger partial charge in [-0.05, 0) is 11.0 Å². The zero-order chi connectivity index (χ0) is 0. The Bertz CT molecular complexity index is 11.6. The summed E-state index contributed by atoms with van der Waals surface area (Å²) >= 11 is 0. The summed E-state index contributed by atoms with van der Waals surface area (Å²) in [6.45, 7) is 0. The predicted molar refractivity (Wildman–Crippen MR) is 26.3 cm³/mol. The van der Waals surface area contributed by atoms with Crippen molar-refractivity contribution >= 4 is 28.3 Å². The summed E-state index contributed by atoms with van der Waals surface area (Å²) in [6.07, 6.45) is 0. The fourth-order valence-electron chi connectivity index (χ4n) is 0. The van der Waals surface area contributed by atoms with E-state index in [0.717, 1.165) is 0 Å². The molecule has 0 saturated heterocycles. The zero-order valence-corrected chi connectivity index (χ0v) is 4.45. The summed E-state index contributed by atoms with van der Waals surface area (Å²) < 4.78 is 0. The van der Waals surface area contributed by atoms with Crippen molar-refractivity contribution < 1.29 is 39.1 Å². The first-order valence-corrected chi connectivity index (χ1v) is 0. The molecule has 0 spiro atoms. The van der Waals surface area contributed by atoms with Crippen molar-refractivity contribution in [3.05, 3.63) is 0 Å². The van der Waals surface area contributed by atoms with Crippen molar-refractivity contribution in [2.24, 2.45) is 0 Å². The molecule has 0 aromatic carbocycles. The average molecular weight is 179 g/mol. The predicted octanol–water partition coefficient (Wildman–Crippen LogP) is -2.48. The first kappa shape index (κ1) is 64.5. The molecule has 1 nitrogen and oxygen atoms in total. The molecular weight excluding hydrogens is 169 g/mol. The monoisotopic (exact) mass is 179 g/mol. The smallest absolute Gasteiger partial charge is 0.187 e. The van der Waals surface area contributed by atoms with Gasteiger partial charge in [-0.2, -0.15) is 0 Å². The van der Waals surface area contributed by atoms with Crippen LogP contribution >= 0.6 is 0 Å². The molecule has 0 radical (unpaired) electrons. The van der Waals surface area contributed by atoms with Gasteiger partial charge in [0, 0.05) is 39.1 Å². The van der Waals surface area contributed by atoms with Crippen molar-refractivity contribution in [2.45, 2.75) is 0 Å². The van der Waals surface area contributed by atoms with Gasteiger partial charge in [-0.15, -0.1) is 0 Å². The van der Waals surface area contributed by atoms with Gasteiger partial charge in [0.05, 0.1) is 0 Å². The molecular formula is H10AlCrNSiTi. The second kappa shape index (κ2) is 38.2. The van der Waals surface area contributed by atoms with Crippen molar-refractivity contribution in [1.82, 2.24) is 6.15 Å². The second-order valence-electron chi connectivity index (χ2n) is 0. The molecule has 0 amide bonds. The molecule has 0 unspecified atom stereocenters. The molecule has 0 rings (SSSR count). The fraction of sp³-hybridized carbons (Fsp3) is 0. The molecule has 0 aliphatic carbocycles. The van der Waals surface area contributed by atoms with E-state index in [1.54, 1.807) is 0 Å². The van der Waals surface area contributed by atoms with E-state index in [4.69, 9.17) is 0 Å². The molecule has 0 heterocycles. The SMILES string of the molecule is N.[AlH3].[Cr].[SiH4].[Ti]. The second-order valence-corrected chi connectivity index (χ2v) is 0. The number of hydrogen-bond donors (Lipinski definition) is 1. The molecule has 3 N–H and O–H groups in total. The Kier molecular flexibility index (Phi) is 493. The van der Waals surface area contributed by atoms with Crippen LogP contribution in [-0.2, 0) is 39.1 Å². The van der Waals surface area contributed by atoms with Gasteiger partial charge in [-0.3, -0.25) is 0 Å². The van der Waals surface area contributed by atoms with E-state index >= 15 is 0 Å². The molecule has 0 aliphatic heterocycles. The standard InChI is InChI=1S/Al.Cr.H3N.H4Si.Ti.3H/h;;1H3;1H4;;;;. The van der Waals surface area contributed by atoms with Crippen LogP contribution in [0.2, 0.25) is 0 Å². The first-order chi connectivity index (χ1) is 0. The van der Waals surface area contributed by atoms with E-state index in [1.807, 2.05) is 0 Å². The molecule has 0 atom stereocenters. The molecule has 0 aliphatic rings. The fourth-order valence-corrected chi connectivity index (χ4v) is 0. The Balaban J connectivity index is 0. The van der Waals surface area contributed by atoms with Crippen LogP contribution in [0, 0.1) is 0 Å². The third-order valence-electron chi connectivity index (χ3n) is 0. The van der Waals surface area contributed by atoms with Crippen LogP contribution in [0.3, 0.4) is 0 Å². The molecule has 0 aromatic heterocycles. The summed E-state index contributed by atoms with van der Waals surface area (Å²) in [5, 5.41) is 0. The summed E-state index contributed by atoms with van der Waals surface area (Å²) in [7, 11) is 0. The maximum absolute atomic E-state index is 0. The Hall–Kier alpha value is 1.96. The minimum Gasteiger partial charge on any atom is -0.344 e. The van der Waals surface area contributed by atoms with Crippen LogP contribution in [0.5, 0.6) is 0 Å². The third-order valence-corrected chi connectivity index (χ3v) is 0. The molecule has 32 valence electrons. The van der Waals surface area contributed by atoms with Crippen LogP contribution in [0.1, 0.15) is 0 Å². The summed E-state index contributed by atoms with van der Waals surface area (Å²) in [6, 6.07) is 0. The minimum atomic E-state index is 0. The minimum absolute atomic E-state index is 0. The van der Waals surface area contributed by atoms with E-state index in [1.165, 1.54) is 0 Å². The van der Waals surface area contributed by atoms with Gasteiger partial charge in [0.2, 0.25) is 0 Å². The number of rotatable bonds is 0. The Labute approximate surface area is 73.0 Å². The maximum atomic E-state index is 0. The quantitative estimate of drug-likeness (QED) is 0.410. The van der Waals surface area contributed by atoms with Crippen LogP contribution in [-0.4, -0.2) is 28.3 Å². The van der Waals surface area contributed by atoms with E-state index in [-0.39, 0.29) is 73.6 Å². The Morgan fingerprint density at radius 2 is 1.00 bits per heavy atom. The van der Waals surface area contributed by atoms with Crippen molar-refractivity contribution in [3.63, 3.8) is 0 Å². The van der Waals surface area contributed by atoms with Gasteiger partial charge in [0.15, 0.2) is 17.4 Å². The van der Waals surface area contributed by atoms with Crippen LogP contribution in [0.15, 0.2) is 0 Å². The Morgan fingerprint density at radius 1 is 1.00 bits per heavy atom. The van der Waals surface area contributed by atoms with Gasteiger partial charge >= 0.3 is 0 Å². The molecule has 0 fully saturated rings. The summed E-state index contributed by atoms with van der Waals surface area (Å²) in [4.78, 5) is 0. The molecule has 0 bridgehead atoms. The van der Waals surface area contributed by atoms with Gasteiger partial charge in [-0.1, -0.05) is 0 Å². The van der Waals surface area contributed by atoms with Crippen molar-refractivity contribution in [3.8, 4) is 0 Å². The van der Waals surface area contributed by atoms with E-state index in [2.05, 4.69) is 0 Å².